The van der Waals surface area contributed by atoms with Crippen molar-refractivity contribution in [2.24, 2.45) is 0 Å². The molecule has 68 valence electrons. The van der Waals surface area contributed by atoms with Crippen LogP contribution in [0.15, 0.2) is 0 Å². The molecule has 0 N–H and O–H groups in total. The maximum absolute atomic E-state index is 5.62. The Kier molecular flexibility index (Phi) is 7.56. The number of hydrogen-bond acceptors (Lipinski definition) is 1. The van der Waals surface area contributed by atoms with Gasteiger partial charge in [-0.3, -0.25) is 0 Å². The first-order chi connectivity index (χ1) is 5.20. The van der Waals surface area contributed by atoms with Gasteiger partial charge in [0, 0.05) is 13.5 Å². The number of alkyl halides is 2. The third kappa shape index (κ3) is 6.92. The predicted octanol–water partition coefficient (Wildman–Crippen LogP) is 3.39. The minimum Gasteiger partial charge on any atom is -0.381 e. The Bertz CT molecular complexity index is 86.2. The van der Waals surface area contributed by atoms with Gasteiger partial charge < -0.3 is 4.74 Å². The lowest BCUT2D eigenvalue weighted by atomic mass is 10.1. The van der Waals surface area contributed by atoms with E-state index in [1.54, 1.807) is 7.11 Å². The summed E-state index contributed by atoms with van der Waals surface area (Å²) in [7, 11) is 1.70. The fourth-order valence-corrected chi connectivity index (χ4v) is 1.36. The topological polar surface area (TPSA) is 9.23 Å². The molecule has 1 atom stereocenters. The van der Waals surface area contributed by atoms with Crippen molar-refractivity contribution in [3.05, 3.63) is 0 Å². The van der Waals surface area contributed by atoms with Crippen LogP contribution in [-0.4, -0.2) is 18.1 Å². The Hall–Kier alpha value is 0.540. The highest BCUT2D eigenvalue weighted by Crippen LogP contribution is 2.16. The normalized spacial score (nSPS) is 13.9. The molecule has 0 aliphatic rings. The Morgan fingerprint density at radius 2 is 2.00 bits per heavy atom. The molecule has 1 nitrogen and oxygen atoms in total. The number of hydrogen-bond donors (Lipinski definition) is 0. The van der Waals surface area contributed by atoms with Gasteiger partial charge in [-0.25, -0.2) is 0 Å². The fourth-order valence-electron chi connectivity index (χ4n) is 0.962. The Balaban J connectivity index is 3.41. The molecule has 0 rings (SSSR count). The molecule has 0 aromatic heterocycles. The molecular formula is C8H16Cl2O. The van der Waals surface area contributed by atoms with E-state index in [0.29, 0.717) is 0 Å². The average Bonchev–Trinajstić information content (AvgIpc) is 1.97. The van der Waals surface area contributed by atoms with Crippen molar-refractivity contribution in [3.8, 4) is 0 Å². The molecule has 0 aliphatic heterocycles. The summed E-state index contributed by atoms with van der Waals surface area (Å²) >= 11 is 11.2. The quantitative estimate of drug-likeness (QED) is 0.596. The van der Waals surface area contributed by atoms with Crippen molar-refractivity contribution >= 4 is 23.2 Å². The van der Waals surface area contributed by atoms with Crippen molar-refractivity contribution < 1.29 is 4.74 Å². The molecule has 0 saturated carbocycles. The maximum atomic E-state index is 5.62. The summed E-state index contributed by atoms with van der Waals surface area (Å²) < 4.78 is 5.19. The summed E-state index contributed by atoms with van der Waals surface area (Å²) in [5.41, 5.74) is 0. The average molecular weight is 199 g/mol. The number of methoxy groups -OCH3 is 1. The molecule has 3 heteroatoms. The molecular weight excluding hydrogens is 183 g/mol. The highest BCUT2D eigenvalue weighted by molar-refractivity contribution is 6.44. The molecule has 0 saturated heterocycles. The van der Waals surface area contributed by atoms with E-state index in [0.717, 1.165) is 12.8 Å². The molecule has 11 heavy (non-hydrogen) atoms. The van der Waals surface area contributed by atoms with Crippen molar-refractivity contribution in [1.29, 1.82) is 0 Å². The van der Waals surface area contributed by atoms with Gasteiger partial charge in [-0.1, -0.05) is 19.8 Å². The maximum Gasteiger partial charge on any atom is 0.110 e. The second-order valence-corrected chi connectivity index (χ2v) is 3.90. The summed E-state index contributed by atoms with van der Waals surface area (Å²) in [4.78, 5) is -0.295. The van der Waals surface area contributed by atoms with Crippen LogP contribution in [0.2, 0.25) is 0 Å². The second-order valence-electron chi connectivity index (χ2n) is 2.63. The van der Waals surface area contributed by atoms with Crippen molar-refractivity contribution in [2.75, 3.05) is 7.11 Å². The van der Waals surface area contributed by atoms with Crippen LogP contribution in [0.5, 0.6) is 0 Å². The first-order valence-corrected chi connectivity index (χ1v) is 4.89. The molecule has 0 aromatic carbocycles. The smallest absolute Gasteiger partial charge is 0.110 e. The highest BCUT2D eigenvalue weighted by Gasteiger charge is 2.10. The van der Waals surface area contributed by atoms with E-state index < -0.39 is 0 Å². The fraction of sp³-hybridized carbons (Fsp3) is 1.00. The third-order valence-corrected chi connectivity index (χ3v) is 2.01. The van der Waals surface area contributed by atoms with E-state index in [9.17, 15) is 0 Å². The van der Waals surface area contributed by atoms with E-state index >= 15 is 0 Å². The first-order valence-electron chi connectivity index (χ1n) is 4.01. The predicted molar refractivity (Wildman–Crippen MR) is 50.4 cm³/mol. The van der Waals surface area contributed by atoms with Crippen molar-refractivity contribution in [3.63, 3.8) is 0 Å². The summed E-state index contributed by atoms with van der Waals surface area (Å²) in [6.07, 6.45) is 4.39. The number of unbranched alkanes of at least 4 members (excludes halogenated alkanes) is 1. The zero-order valence-electron chi connectivity index (χ0n) is 7.15. The van der Waals surface area contributed by atoms with Crippen LogP contribution >= 0.6 is 23.2 Å². The molecule has 0 radical (unpaired) electrons. The van der Waals surface area contributed by atoms with E-state index in [1.165, 1.54) is 12.8 Å². The van der Waals surface area contributed by atoms with E-state index in [1.807, 2.05) is 0 Å². The van der Waals surface area contributed by atoms with Gasteiger partial charge in [0.05, 0.1) is 6.10 Å². The molecule has 1 unspecified atom stereocenters. The van der Waals surface area contributed by atoms with Crippen LogP contribution in [0.3, 0.4) is 0 Å². The molecule has 0 aliphatic carbocycles. The zero-order valence-corrected chi connectivity index (χ0v) is 8.66. The van der Waals surface area contributed by atoms with Crippen molar-refractivity contribution in [1.82, 2.24) is 0 Å². The van der Waals surface area contributed by atoms with Crippen LogP contribution in [0.4, 0.5) is 0 Å². The van der Waals surface area contributed by atoms with Gasteiger partial charge in [0.25, 0.3) is 0 Å². The second kappa shape index (κ2) is 7.20. The van der Waals surface area contributed by atoms with Gasteiger partial charge in [-0.2, -0.15) is 0 Å². The molecule has 0 heterocycles. The van der Waals surface area contributed by atoms with Crippen molar-refractivity contribution in [2.45, 2.75) is 43.5 Å². The number of rotatable bonds is 6. The lowest BCUT2D eigenvalue weighted by Crippen LogP contribution is -2.13. The van der Waals surface area contributed by atoms with Crippen LogP contribution in [0.1, 0.15) is 32.6 Å². The van der Waals surface area contributed by atoms with Crippen LogP contribution in [-0.2, 0) is 4.74 Å². The van der Waals surface area contributed by atoms with E-state index in [2.05, 4.69) is 6.92 Å². The lowest BCUT2D eigenvalue weighted by molar-refractivity contribution is 0.0891. The lowest BCUT2D eigenvalue weighted by Gasteiger charge is -2.14. The summed E-state index contributed by atoms with van der Waals surface area (Å²) in [6.45, 7) is 2.16. The van der Waals surface area contributed by atoms with Crippen LogP contribution in [0, 0.1) is 0 Å². The zero-order chi connectivity index (χ0) is 8.69. The van der Waals surface area contributed by atoms with Gasteiger partial charge in [0.1, 0.15) is 4.84 Å². The molecule has 0 bridgehead atoms. The van der Waals surface area contributed by atoms with Gasteiger partial charge >= 0.3 is 0 Å². The first kappa shape index (κ1) is 11.5. The summed E-state index contributed by atoms with van der Waals surface area (Å²) in [5.74, 6) is 0. The molecule has 0 spiro atoms. The van der Waals surface area contributed by atoms with Gasteiger partial charge in [-0.05, 0) is 6.42 Å². The monoisotopic (exact) mass is 198 g/mol. The van der Waals surface area contributed by atoms with E-state index in [4.69, 9.17) is 27.9 Å². The standard InChI is InChI=1S/C8H16Cl2O/c1-3-4-5-7(11-2)6-8(9)10/h7-8H,3-6H2,1-2H3. The Morgan fingerprint density at radius 1 is 1.36 bits per heavy atom. The summed E-state index contributed by atoms with van der Waals surface area (Å²) in [5, 5.41) is 0. The Labute approximate surface area is 79.0 Å². The molecule has 0 fully saturated rings. The van der Waals surface area contributed by atoms with Gasteiger partial charge in [0.2, 0.25) is 0 Å². The third-order valence-electron chi connectivity index (χ3n) is 1.65. The minimum absolute atomic E-state index is 0.231. The molecule has 0 aromatic rings. The number of halogens is 2. The highest BCUT2D eigenvalue weighted by atomic mass is 35.5. The largest absolute Gasteiger partial charge is 0.381 e. The molecule has 0 amide bonds. The minimum atomic E-state index is -0.295. The Morgan fingerprint density at radius 3 is 2.36 bits per heavy atom. The van der Waals surface area contributed by atoms with Crippen LogP contribution in [0.25, 0.3) is 0 Å². The SMILES string of the molecule is CCCCC(CC(Cl)Cl)OC. The summed E-state index contributed by atoms with van der Waals surface area (Å²) in [6, 6.07) is 0. The van der Waals surface area contributed by atoms with E-state index in [-0.39, 0.29) is 10.9 Å². The number of ether oxygens (including phenoxy) is 1. The van der Waals surface area contributed by atoms with Gasteiger partial charge in [0.15, 0.2) is 0 Å². The van der Waals surface area contributed by atoms with Crippen LogP contribution < -0.4 is 0 Å². The van der Waals surface area contributed by atoms with Gasteiger partial charge in [-0.15, -0.1) is 23.2 Å².